The second kappa shape index (κ2) is 5.99. The maximum absolute atomic E-state index is 6.06. The molecule has 84 valence electrons. The van der Waals surface area contributed by atoms with Gasteiger partial charge in [0, 0.05) is 0 Å². The molecule has 0 spiro atoms. The molecule has 0 amide bonds. The van der Waals surface area contributed by atoms with Crippen LogP contribution < -0.4 is 10.5 Å². The van der Waals surface area contributed by atoms with Crippen molar-refractivity contribution in [1.82, 2.24) is 0 Å². The van der Waals surface area contributed by atoms with Gasteiger partial charge in [0.15, 0.2) is 0 Å². The SMILES string of the molecule is COc1cc(C)c(CCCCN)cc1Cl. The van der Waals surface area contributed by atoms with Gasteiger partial charge in [-0.1, -0.05) is 11.6 Å². The molecule has 1 aromatic rings. The molecule has 1 rings (SSSR count). The first-order valence-electron chi connectivity index (χ1n) is 5.22. The van der Waals surface area contributed by atoms with E-state index in [0.717, 1.165) is 31.6 Å². The molecule has 0 saturated carbocycles. The molecular weight excluding hydrogens is 210 g/mol. The van der Waals surface area contributed by atoms with Gasteiger partial charge in [-0.05, 0) is 56.0 Å². The number of benzene rings is 1. The lowest BCUT2D eigenvalue weighted by atomic mass is 10.0. The first kappa shape index (κ1) is 12.3. The third-order valence-corrected chi connectivity index (χ3v) is 2.81. The Labute approximate surface area is 96.4 Å². The standard InChI is InChI=1S/C12H18ClNO/c1-9-7-12(15-2)11(13)8-10(9)5-3-4-6-14/h7-8H,3-6,14H2,1-2H3. The highest BCUT2D eigenvalue weighted by Crippen LogP contribution is 2.28. The predicted octanol–water partition coefficient (Wildman–Crippen LogP) is 2.94. The van der Waals surface area contributed by atoms with Crippen molar-refractivity contribution in [3.8, 4) is 5.75 Å². The van der Waals surface area contributed by atoms with E-state index in [1.807, 2.05) is 12.1 Å². The van der Waals surface area contributed by atoms with E-state index in [-0.39, 0.29) is 0 Å². The molecular formula is C12H18ClNO. The molecule has 0 heterocycles. The summed E-state index contributed by atoms with van der Waals surface area (Å²) in [4.78, 5) is 0. The van der Waals surface area contributed by atoms with Crippen LogP contribution in [0.5, 0.6) is 5.75 Å². The van der Waals surface area contributed by atoms with E-state index < -0.39 is 0 Å². The Balaban J connectivity index is 2.76. The molecule has 0 radical (unpaired) electrons. The Hall–Kier alpha value is -0.730. The second-order valence-corrected chi connectivity index (χ2v) is 4.07. The summed E-state index contributed by atoms with van der Waals surface area (Å²) in [5, 5.41) is 0.686. The maximum Gasteiger partial charge on any atom is 0.137 e. The molecule has 0 aromatic heterocycles. The number of methoxy groups -OCH3 is 1. The van der Waals surface area contributed by atoms with Crippen LogP contribution in [0.25, 0.3) is 0 Å². The minimum absolute atomic E-state index is 0.686. The van der Waals surface area contributed by atoms with Crippen LogP contribution in [0.2, 0.25) is 5.02 Å². The fraction of sp³-hybridized carbons (Fsp3) is 0.500. The molecule has 0 unspecified atom stereocenters. The third-order valence-electron chi connectivity index (χ3n) is 2.51. The topological polar surface area (TPSA) is 35.2 Å². The largest absolute Gasteiger partial charge is 0.495 e. The Morgan fingerprint density at radius 1 is 1.33 bits per heavy atom. The van der Waals surface area contributed by atoms with Gasteiger partial charge in [0.2, 0.25) is 0 Å². The molecule has 0 bridgehead atoms. The minimum Gasteiger partial charge on any atom is -0.495 e. The van der Waals surface area contributed by atoms with Gasteiger partial charge in [-0.2, -0.15) is 0 Å². The second-order valence-electron chi connectivity index (χ2n) is 3.66. The van der Waals surface area contributed by atoms with E-state index in [1.165, 1.54) is 11.1 Å². The number of halogens is 1. The highest BCUT2D eigenvalue weighted by atomic mass is 35.5. The van der Waals surface area contributed by atoms with E-state index in [4.69, 9.17) is 22.1 Å². The number of ether oxygens (including phenoxy) is 1. The smallest absolute Gasteiger partial charge is 0.137 e. The molecule has 2 nitrogen and oxygen atoms in total. The molecule has 0 aliphatic carbocycles. The number of hydrogen-bond acceptors (Lipinski definition) is 2. The first-order chi connectivity index (χ1) is 7.19. The van der Waals surface area contributed by atoms with Crippen molar-refractivity contribution < 1.29 is 4.74 Å². The molecule has 3 heteroatoms. The van der Waals surface area contributed by atoms with Crippen molar-refractivity contribution in [3.05, 3.63) is 28.3 Å². The van der Waals surface area contributed by atoms with Crippen molar-refractivity contribution in [2.75, 3.05) is 13.7 Å². The van der Waals surface area contributed by atoms with Crippen LogP contribution in [0, 0.1) is 6.92 Å². The Morgan fingerprint density at radius 2 is 2.07 bits per heavy atom. The van der Waals surface area contributed by atoms with Crippen LogP contribution >= 0.6 is 11.6 Å². The third kappa shape index (κ3) is 3.40. The zero-order chi connectivity index (χ0) is 11.3. The van der Waals surface area contributed by atoms with Crippen molar-refractivity contribution in [2.24, 2.45) is 5.73 Å². The zero-order valence-electron chi connectivity index (χ0n) is 9.35. The average molecular weight is 228 g/mol. The van der Waals surface area contributed by atoms with Crippen LogP contribution in [0.1, 0.15) is 24.0 Å². The summed E-state index contributed by atoms with van der Waals surface area (Å²) in [6, 6.07) is 3.98. The highest BCUT2D eigenvalue weighted by Gasteiger charge is 2.05. The van der Waals surface area contributed by atoms with E-state index in [2.05, 4.69) is 6.92 Å². The normalized spacial score (nSPS) is 10.4. The van der Waals surface area contributed by atoms with Gasteiger partial charge < -0.3 is 10.5 Å². The van der Waals surface area contributed by atoms with Gasteiger partial charge in [0.1, 0.15) is 5.75 Å². The van der Waals surface area contributed by atoms with Crippen LogP contribution in [0.4, 0.5) is 0 Å². The van der Waals surface area contributed by atoms with E-state index in [9.17, 15) is 0 Å². The molecule has 0 fully saturated rings. The lowest BCUT2D eigenvalue weighted by molar-refractivity contribution is 0.414. The molecule has 2 N–H and O–H groups in total. The van der Waals surface area contributed by atoms with E-state index in [0.29, 0.717) is 5.02 Å². The molecule has 0 saturated heterocycles. The van der Waals surface area contributed by atoms with Crippen molar-refractivity contribution >= 4 is 11.6 Å². The molecule has 1 aromatic carbocycles. The number of hydrogen-bond donors (Lipinski definition) is 1. The summed E-state index contributed by atoms with van der Waals surface area (Å²) in [6.07, 6.45) is 3.20. The van der Waals surface area contributed by atoms with Gasteiger partial charge in [0.05, 0.1) is 12.1 Å². The van der Waals surface area contributed by atoms with Crippen LogP contribution in [-0.4, -0.2) is 13.7 Å². The van der Waals surface area contributed by atoms with Gasteiger partial charge in [-0.25, -0.2) is 0 Å². The Morgan fingerprint density at radius 3 is 2.67 bits per heavy atom. The molecule has 0 aliphatic rings. The monoisotopic (exact) mass is 227 g/mol. The highest BCUT2D eigenvalue weighted by molar-refractivity contribution is 6.32. The summed E-state index contributed by atoms with van der Waals surface area (Å²) in [5.74, 6) is 0.747. The lowest BCUT2D eigenvalue weighted by Gasteiger charge is -2.09. The number of rotatable bonds is 5. The van der Waals surface area contributed by atoms with Crippen molar-refractivity contribution in [3.63, 3.8) is 0 Å². The average Bonchev–Trinajstić information content (AvgIpc) is 2.23. The Kier molecular flexibility index (Phi) is 4.92. The fourth-order valence-electron chi connectivity index (χ4n) is 1.58. The predicted molar refractivity (Wildman–Crippen MR) is 64.7 cm³/mol. The maximum atomic E-state index is 6.06. The number of unbranched alkanes of at least 4 members (excludes halogenated alkanes) is 1. The Bertz CT molecular complexity index is 326. The van der Waals surface area contributed by atoms with Gasteiger partial charge >= 0.3 is 0 Å². The number of nitrogens with two attached hydrogens (primary N) is 1. The fourth-order valence-corrected chi connectivity index (χ4v) is 1.85. The summed E-state index contributed by atoms with van der Waals surface area (Å²) in [5.41, 5.74) is 7.98. The van der Waals surface area contributed by atoms with Gasteiger partial charge in [-0.3, -0.25) is 0 Å². The van der Waals surface area contributed by atoms with Crippen LogP contribution in [0.3, 0.4) is 0 Å². The van der Waals surface area contributed by atoms with Crippen molar-refractivity contribution in [1.29, 1.82) is 0 Å². The summed E-state index contributed by atoms with van der Waals surface area (Å²) < 4.78 is 5.15. The molecule has 15 heavy (non-hydrogen) atoms. The van der Waals surface area contributed by atoms with Gasteiger partial charge in [0.25, 0.3) is 0 Å². The van der Waals surface area contributed by atoms with E-state index >= 15 is 0 Å². The van der Waals surface area contributed by atoms with E-state index in [1.54, 1.807) is 7.11 Å². The van der Waals surface area contributed by atoms with Crippen molar-refractivity contribution in [2.45, 2.75) is 26.2 Å². The minimum atomic E-state index is 0.686. The summed E-state index contributed by atoms with van der Waals surface area (Å²) in [7, 11) is 1.63. The summed E-state index contributed by atoms with van der Waals surface area (Å²) in [6.45, 7) is 2.83. The number of aryl methyl sites for hydroxylation is 2. The first-order valence-corrected chi connectivity index (χ1v) is 5.60. The van der Waals surface area contributed by atoms with Crippen LogP contribution in [-0.2, 0) is 6.42 Å². The molecule has 0 atom stereocenters. The quantitative estimate of drug-likeness (QED) is 0.785. The lowest BCUT2D eigenvalue weighted by Crippen LogP contribution is -2.00. The van der Waals surface area contributed by atoms with Gasteiger partial charge in [-0.15, -0.1) is 0 Å². The molecule has 0 aliphatic heterocycles. The zero-order valence-corrected chi connectivity index (χ0v) is 10.1. The summed E-state index contributed by atoms with van der Waals surface area (Å²) >= 11 is 6.06. The van der Waals surface area contributed by atoms with Crippen LogP contribution in [0.15, 0.2) is 12.1 Å².